The maximum atomic E-state index is 12.0. The smallest absolute Gasteiger partial charge is 0.275 e. The average Bonchev–Trinajstić information content (AvgIpc) is 3.19. The van der Waals surface area contributed by atoms with E-state index in [2.05, 4.69) is 15.1 Å². The van der Waals surface area contributed by atoms with Crippen molar-refractivity contribution in [1.82, 2.24) is 19.4 Å². The molecule has 0 spiro atoms. The number of nitrogens with zero attached hydrogens (tertiary/aromatic N) is 3. The molecule has 0 aromatic carbocycles. The average molecular weight is 338 g/mol. The second-order valence-corrected chi connectivity index (χ2v) is 8.17. The molecule has 3 rings (SSSR count). The van der Waals surface area contributed by atoms with Crippen molar-refractivity contribution in [3.05, 3.63) is 35.9 Å². The Labute approximate surface area is 136 Å². The maximum absolute atomic E-state index is 12.0. The van der Waals surface area contributed by atoms with Crippen molar-refractivity contribution in [3.8, 4) is 0 Å². The zero-order valence-electron chi connectivity index (χ0n) is 13.4. The minimum atomic E-state index is -3.50. The molecule has 2 aromatic heterocycles. The van der Waals surface area contributed by atoms with Crippen LogP contribution in [0.25, 0.3) is 0 Å². The topological polar surface area (TPSA) is 82.4 Å². The van der Waals surface area contributed by atoms with Gasteiger partial charge in [0.1, 0.15) is 5.76 Å². The Hall–Kier alpha value is -1.64. The van der Waals surface area contributed by atoms with Crippen LogP contribution in [0.2, 0.25) is 0 Å². The summed E-state index contributed by atoms with van der Waals surface area (Å²) in [5, 5.41) is 6.88. The van der Waals surface area contributed by atoms with E-state index in [1.165, 1.54) is 25.7 Å². The molecule has 0 radical (unpaired) electrons. The number of likely N-dealkylation sites (tertiary alicyclic amines) is 1. The summed E-state index contributed by atoms with van der Waals surface area (Å²) >= 11 is 0. The van der Waals surface area contributed by atoms with Gasteiger partial charge in [0.25, 0.3) is 10.0 Å². The fraction of sp³-hybridized carbons (Fsp3) is 0.533. The molecule has 0 amide bonds. The summed E-state index contributed by atoms with van der Waals surface area (Å²) in [7, 11) is -0.501. The largest absolute Gasteiger partial charge is 0.447 e. The van der Waals surface area contributed by atoms with Gasteiger partial charge in [0.15, 0.2) is 0 Å². The second kappa shape index (κ2) is 6.46. The molecular formula is C15H22N4O3S. The van der Waals surface area contributed by atoms with Crippen LogP contribution in [0.5, 0.6) is 0 Å². The summed E-state index contributed by atoms with van der Waals surface area (Å²) in [5.41, 5.74) is 1.27. The third kappa shape index (κ3) is 3.49. The lowest BCUT2D eigenvalue weighted by molar-refractivity contribution is 0.187. The molecule has 1 aliphatic rings. The molecule has 1 N–H and O–H groups in total. The molecular weight excluding hydrogens is 316 g/mol. The predicted octanol–water partition coefficient (Wildman–Crippen LogP) is 1.63. The molecule has 0 bridgehead atoms. The van der Waals surface area contributed by atoms with Crippen LogP contribution < -0.4 is 0 Å². The first-order valence-corrected chi connectivity index (χ1v) is 9.13. The van der Waals surface area contributed by atoms with Gasteiger partial charge in [-0.25, -0.2) is 12.7 Å². The molecule has 0 aliphatic carbocycles. The van der Waals surface area contributed by atoms with E-state index in [1.807, 2.05) is 12.4 Å². The molecule has 0 saturated carbocycles. The first-order valence-electron chi connectivity index (χ1n) is 7.69. The van der Waals surface area contributed by atoms with Crippen LogP contribution in [0.1, 0.15) is 30.1 Å². The molecule has 0 unspecified atom stereocenters. The molecule has 126 valence electrons. The number of rotatable bonds is 5. The van der Waals surface area contributed by atoms with Crippen LogP contribution in [-0.4, -0.2) is 55.0 Å². The maximum Gasteiger partial charge on any atom is 0.275 e. The van der Waals surface area contributed by atoms with Gasteiger partial charge in [0, 0.05) is 20.3 Å². The fourth-order valence-electron chi connectivity index (χ4n) is 2.89. The monoisotopic (exact) mass is 338 g/mol. The van der Waals surface area contributed by atoms with Gasteiger partial charge in [-0.05, 0) is 49.5 Å². The van der Waals surface area contributed by atoms with Crippen LogP contribution in [0.15, 0.2) is 34.0 Å². The summed E-state index contributed by atoms with van der Waals surface area (Å²) in [5.74, 6) is 1.23. The minimum Gasteiger partial charge on any atom is -0.447 e. The Kier molecular flexibility index (Phi) is 4.56. The van der Waals surface area contributed by atoms with Gasteiger partial charge >= 0.3 is 0 Å². The zero-order chi connectivity index (χ0) is 16.4. The van der Waals surface area contributed by atoms with Crippen LogP contribution in [0.4, 0.5) is 0 Å². The molecule has 1 fully saturated rings. The van der Waals surface area contributed by atoms with Crippen molar-refractivity contribution in [2.75, 3.05) is 27.2 Å². The van der Waals surface area contributed by atoms with Gasteiger partial charge in [-0.15, -0.1) is 0 Å². The Morgan fingerprint density at radius 3 is 2.70 bits per heavy atom. The molecule has 8 heteroatoms. The molecule has 1 saturated heterocycles. The van der Waals surface area contributed by atoms with Gasteiger partial charge < -0.3 is 4.42 Å². The van der Waals surface area contributed by atoms with Crippen molar-refractivity contribution >= 4 is 10.0 Å². The van der Waals surface area contributed by atoms with Crippen LogP contribution >= 0.6 is 0 Å². The first kappa shape index (κ1) is 16.2. The molecule has 7 nitrogen and oxygen atoms in total. The highest BCUT2D eigenvalue weighted by molar-refractivity contribution is 7.88. The van der Waals surface area contributed by atoms with E-state index in [1.54, 1.807) is 6.07 Å². The normalized spacial score (nSPS) is 17.9. The number of aromatic amines is 1. The SMILES string of the molecule is CN(C)S(=O)(=O)c1ccc(CN2CCC(c3cn[nH]c3)CC2)o1. The molecule has 1 aliphatic heterocycles. The van der Waals surface area contributed by atoms with E-state index in [0.717, 1.165) is 30.2 Å². The number of H-pyrrole nitrogens is 1. The van der Waals surface area contributed by atoms with Crippen molar-refractivity contribution in [3.63, 3.8) is 0 Å². The number of hydrogen-bond acceptors (Lipinski definition) is 5. The Balaban J connectivity index is 1.58. The zero-order valence-corrected chi connectivity index (χ0v) is 14.2. The predicted molar refractivity (Wildman–Crippen MR) is 85.4 cm³/mol. The molecule has 23 heavy (non-hydrogen) atoms. The van der Waals surface area contributed by atoms with E-state index < -0.39 is 10.0 Å². The Morgan fingerprint density at radius 2 is 2.09 bits per heavy atom. The second-order valence-electron chi connectivity index (χ2n) is 6.09. The highest BCUT2D eigenvalue weighted by atomic mass is 32.2. The van der Waals surface area contributed by atoms with Gasteiger partial charge in [0.2, 0.25) is 5.09 Å². The number of hydrogen-bond donors (Lipinski definition) is 1. The minimum absolute atomic E-state index is 0.00535. The lowest BCUT2D eigenvalue weighted by Gasteiger charge is -2.30. The number of sulfonamides is 1. The van der Waals surface area contributed by atoms with Crippen LogP contribution in [0.3, 0.4) is 0 Å². The molecule has 3 heterocycles. The number of aromatic nitrogens is 2. The van der Waals surface area contributed by atoms with E-state index in [9.17, 15) is 8.42 Å². The summed E-state index contributed by atoms with van der Waals surface area (Å²) in [6.07, 6.45) is 6.00. The van der Waals surface area contributed by atoms with Crippen molar-refractivity contribution in [2.45, 2.75) is 30.4 Å². The standard InChI is InChI=1S/C15H22N4O3S/c1-18(2)23(20,21)15-4-3-14(22-15)11-19-7-5-12(6-8-19)13-9-16-17-10-13/h3-4,9-10,12H,5-8,11H2,1-2H3,(H,16,17). The van der Waals surface area contributed by atoms with Crippen LogP contribution in [-0.2, 0) is 16.6 Å². The fourth-order valence-corrected chi connectivity index (χ4v) is 3.70. The summed E-state index contributed by atoms with van der Waals surface area (Å²) in [6.45, 7) is 2.57. The van der Waals surface area contributed by atoms with Crippen molar-refractivity contribution in [1.29, 1.82) is 0 Å². The van der Waals surface area contributed by atoms with Crippen molar-refractivity contribution in [2.24, 2.45) is 0 Å². The quantitative estimate of drug-likeness (QED) is 0.896. The lowest BCUT2D eigenvalue weighted by Crippen LogP contribution is -2.32. The first-order chi connectivity index (χ1) is 11.0. The molecule has 0 atom stereocenters. The van der Waals surface area contributed by atoms with E-state index in [4.69, 9.17) is 4.42 Å². The highest BCUT2D eigenvalue weighted by Gasteiger charge is 2.24. The Morgan fingerprint density at radius 1 is 1.35 bits per heavy atom. The van der Waals surface area contributed by atoms with Gasteiger partial charge in [0.05, 0.1) is 12.7 Å². The van der Waals surface area contributed by atoms with Gasteiger partial charge in [-0.3, -0.25) is 10.00 Å². The molecule has 2 aromatic rings. The van der Waals surface area contributed by atoms with E-state index >= 15 is 0 Å². The van der Waals surface area contributed by atoms with Crippen LogP contribution in [0, 0.1) is 0 Å². The third-order valence-electron chi connectivity index (χ3n) is 4.33. The summed E-state index contributed by atoms with van der Waals surface area (Å²) in [6, 6.07) is 3.28. The third-order valence-corrected chi connectivity index (χ3v) is 6.02. The number of furan rings is 1. The number of nitrogens with one attached hydrogen (secondary N) is 1. The summed E-state index contributed by atoms with van der Waals surface area (Å²) in [4.78, 5) is 2.29. The van der Waals surface area contributed by atoms with Gasteiger partial charge in [-0.1, -0.05) is 0 Å². The lowest BCUT2D eigenvalue weighted by atomic mass is 9.91. The van der Waals surface area contributed by atoms with E-state index in [-0.39, 0.29) is 5.09 Å². The highest BCUT2D eigenvalue weighted by Crippen LogP contribution is 2.28. The number of piperidine rings is 1. The van der Waals surface area contributed by atoms with Gasteiger partial charge in [-0.2, -0.15) is 5.10 Å². The van der Waals surface area contributed by atoms with Crippen molar-refractivity contribution < 1.29 is 12.8 Å². The summed E-state index contributed by atoms with van der Waals surface area (Å²) < 4.78 is 30.7. The Bertz CT molecular complexity index is 729. The van der Waals surface area contributed by atoms with E-state index in [0.29, 0.717) is 18.2 Å².